The molecule has 0 heterocycles. The molecule has 0 fully saturated rings. The number of allylic oxidation sites excluding steroid dienone is 2. The second kappa shape index (κ2) is 12.7. The van der Waals surface area contributed by atoms with E-state index in [1.807, 2.05) is 13.0 Å². The lowest BCUT2D eigenvalue weighted by atomic mass is 10.2. The number of ether oxygens (including phenoxy) is 1. The summed E-state index contributed by atoms with van der Waals surface area (Å²) < 4.78 is 4.62. The number of hydrogen-bond acceptors (Lipinski definition) is 3. The Kier molecular flexibility index (Phi) is 11.6. The van der Waals surface area contributed by atoms with E-state index in [2.05, 4.69) is 34.5 Å². The molecular weight excluding hydrogens is 240 g/mol. The van der Waals surface area contributed by atoms with Crippen LogP contribution in [0.3, 0.4) is 0 Å². The maximum absolute atomic E-state index is 10.9. The number of carbonyl (C=O) groups is 1. The molecule has 0 saturated heterocycles. The van der Waals surface area contributed by atoms with E-state index in [9.17, 15) is 9.90 Å². The summed E-state index contributed by atoms with van der Waals surface area (Å²) in [5.41, 5.74) is 0. The van der Waals surface area contributed by atoms with E-state index in [1.54, 1.807) is 6.92 Å². The third kappa shape index (κ3) is 12.5. The molecule has 0 aliphatic carbocycles. The van der Waals surface area contributed by atoms with Crippen molar-refractivity contribution in [3.63, 3.8) is 0 Å². The molecule has 0 aromatic carbocycles. The van der Waals surface area contributed by atoms with Crippen molar-refractivity contribution in [3.05, 3.63) is 12.2 Å². The number of unbranched alkanes of at least 4 members (excludes halogenated alkanes) is 2. The van der Waals surface area contributed by atoms with Crippen molar-refractivity contribution in [1.29, 1.82) is 0 Å². The van der Waals surface area contributed by atoms with E-state index in [-0.39, 0.29) is 0 Å². The van der Waals surface area contributed by atoms with Crippen LogP contribution in [0.5, 0.6) is 0 Å². The SMILES string of the molecule is C/C=C\CCCC#CCCC(O)C#CC(=O)OCC. The normalized spacial score (nSPS) is 11.1. The zero-order valence-corrected chi connectivity index (χ0v) is 11.7. The van der Waals surface area contributed by atoms with Gasteiger partial charge in [-0.2, -0.15) is 0 Å². The molecule has 0 aromatic heterocycles. The first-order valence-electron chi connectivity index (χ1n) is 6.64. The molecule has 0 saturated carbocycles. The zero-order chi connectivity index (χ0) is 14.3. The molecule has 0 aromatic rings. The molecule has 0 aliphatic heterocycles. The number of hydrogen-bond donors (Lipinski definition) is 1. The molecule has 0 radical (unpaired) electrons. The van der Waals surface area contributed by atoms with E-state index < -0.39 is 12.1 Å². The molecule has 1 unspecified atom stereocenters. The van der Waals surface area contributed by atoms with Gasteiger partial charge in [0, 0.05) is 18.8 Å². The van der Waals surface area contributed by atoms with Gasteiger partial charge in [0.15, 0.2) is 0 Å². The van der Waals surface area contributed by atoms with Gasteiger partial charge in [-0.05, 0) is 33.1 Å². The van der Waals surface area contributed by atoms with Crippen LogP contribution < -0.4 is 0 Å². The van der Waals surface area contributed by atoms with E-state index in [0.29, 0.717) is 19.4 Å². The van der Waals surface area contributed by atoms with E-state index in [0.717, 1.165) is 19.3 Å². The van der Waals surface area contributed by atoms with Crippen molar-refractivity contribution in [3.8, 4) is 23.7 Å². The summed E-state index contributed by atoms with van der Waals surface area (Å²) in [4.78, 5) is 10.9. The van der Waals surface area contributed by atoms with Gasteiger partial charge in [0.25, 0.3) is 0 Å². The Morgan fingerprint density at radius 1 is 1.37 bits per heavy atom. The fraction of sp³-hybridized carbons (Fsp3) is 0.562. The lowest BCUT2D eigenvalue weighted by molar-refractivity contribution is -0.136. The highest BCUT2D eigenvalue weighted by Crippen LogP contribution is 1.97. The third-order valence-electron chi connectivity index (χ3n) is 2.19. The number of aliphatic hydroxyl groups excluding tert-OH is 1. The van der Waals surface area contributed by atoms with Crippen LogP contribution >= 0.6 is 0 Å². The molecule has 0 bridgehead atoms. The predicted molar refractivity (Wildman–Crippen MR) is 76.1 cm³/mol. The fourth-order valence-corrected chi connectivity index (χ4v) is 1.24. The molecule has 0 amide bonds. The van der Waals surface area contributed by atoms with E-state index >= 15 is 0 Å². The maximum Gasteiger partial charge on any atom is 0.384 e. The van der Waals surface area contributed by atoms with Gasteiger partial charge in [0.05, 0.1) is 6.61 Å². The predicted octanol–water partition coefficient (Wildman–Crippen LogP) is 2.44. The number of rotatable bonds is 6. The Bertz CT molecular complexity index is 388. The second-order valence-electron chi connectivity index (χ2n) is 3.86. The van der Waals surface area contributed by atoms with Crippen LogP contribution in [-0.4, -0.2) is 23.8 Å². The standard InChI is InChI=1S/C16H22O3/c1-3-5-6-7-8-9-10-11-12-15(17)13-14-16(18)19-4-2/h3,5,15,17H,4,6-8,11-12H2,1-2H3/b5-3-. The van der Waals surface area contributed by atoms with E-state index in [1.165, 1.54) is 0 Å². The molecule has 0 spiro atoms. The summed E-state index contributed by atoms with van der Waals surface area (Å²) >= 11 is 0. The second-order valence-corrected chi connectivity index (χ2v) is 3.86. The molecule has 1 atom stereocenters. The van der Waals surface area contributed by atoms with Crippen molar-refractivity contribution in [1.82, 2.24) is 0 Å². The molecule has 0 aliphatic rings. The van der Waals surface area contributed by atoms with E-state index in [4.69, 9.17) is 0 Å². The lowest BCUT2D eigenvalue weighted by Crippen LogP contribution is -2.05. The minimum atomic E-state index is -0.818. The van der Waals surface area contributed by atoms with Crippen molar-refractivity contribution < 1.29 is 14.6 Å². The Morgan fingerprint density at radius 3 is 2.79 bits per heavy atom. The van der Waals surface area contributed by atoms with Crippen molar-refractivity contribution in [2.75, 3.05) is 6.61 Å². The molecule has 3 heteroatoms. The topological polar surface area (TPSA) is 46.5 Å². The Hall–Kier alpha value is -1.71. The summed E-state index contributed by atoms with van der Waals surface area (Å²) in [5.74, 6) is 10.1. The molecule has 3 nitrogen and oxygen atoms in total. The highest BCUT2D eigenvalue weighted by atomic mass is 16.5. The van der Waals surface area contributed by atoms with Gasteiger partial charge in [0.1, 0.15) is 6.10 Å². The van der Waals surface area contributed by atoms with Crippen LogP contribution in [0.15, 0.2) is 12.2 Å². The molecular formula is C16H22O3. The third-order valence-corrected chi connectivity index (χ3v) is 2.19. The van der Waals surface area contributed by atoms with Crippen LogP contribution in [0.25, 0.3) is 0 Å². The molecule has 104 valence electrons. The highest BCUT2D eigenvalue weighted by molar-refractivity contribution is 5.88. The van der Waals surface area contributed by atoms with Crippen LogP contribution in [0, 0.1) is 23.7 Å². The average molecular weight is 262 g/mol. The number of aliphatic hydroxyl groups is 1. The van der Waals surface area contributed by atoms with Crippen LogP contribution in [-0.2, 0) is 9.53 Å². The fourth-order valence-electron chi connectivity index (χ4n) is 1.24. The van der Waals surface area contributed by atoms with Crippen LogP contribution in [0.1, 0.15) is 46.0 Å². The van der Waals surface area contributed by atoms with Crippen LogP contribution in [0.4, 0.5) is 0 Å². The van der Waals surface area contributed by atoms with Gasteiger partial charge in [-0.3, -0.25) is 0 Å². The highest BCUT2D eigenvalue weighted by Gasteiger charge is 1.98. The maximum atomic E-state index is 10.9. The van der Waals surface area contributed by atoms with Gasteiger partial charge in [0.2, 0.25) is 0 Å². The molecule has 19 heavy (non-hydrogen) atoms. The van der Waals surface area contributed by atoms with Gasteiger partial charge in [-0.15, -0.1) is 11.8 Å². The summed E-state index contributed by atoms with van der Waals surface area (Å²) in [7, 11) is 0. The summed E-state index contributed by atoms with van der Waals surface area (Å²) in [6, 6.07) is 0. The monoisotopic (exact) mass is 262 g/mol. The first-order chi connectivity index (χ1) is 9.20. The summed E-state index contributed by atoms with van der Waals surface area (Å²) in [5, 5.41) is 9.48. The van der Waals surface area contributed by atoms with Crippen molar-refractivity contribution in [2.24, 2.45) is 0 Å². The van der Waals surface area contributed by atoms with Crippen molar-refractivity contribution >= 4 is 5.97 Å². The number of esters is 1. The van der Waals surface area contributed by atoms with Crippen LogP contribution in [0.2, 0.25) is 0 Å². The number of carbonyl (C=O) groups excluding carboxylic acids is 1. The molecule has 0 rings (SSSR count). The summed E-state index contributed by atoms with van der Waals surface area (Å²) in [6.07, 6.45) is 7.36. The Morgan fingerprint density at radius 2 is 2.11 bits per heavy atom. The average Bonchev–Trinajstić information content (AvgIpc) is 2.40. The zero-order valence-electron chi connectivity index (χ0n) is 11.7. The quantitative estimate of drug-likeness (QED) is 0.263. The summed E-state index contributed by atoms with van der Waals surface area (Å²) in [6.45, 7) is 4.01. The van der Waals surface area contributed by atoms with Gasteiger partial charge >= 0.3 is 5.97 Å². The lowest BCUT2D eigenvalue weighted by Gasteiger charge is -1.97. The van der Waals surface area contributed by atoms with Gasteiger partial charge in [-0.25, -0.2) is 4.79 Å². The Labute approximate surface area is 116 Å². The minimum absolute atomic E-state index is 0.294. The van der Waals surface area contributed by atoms with Gasteiger partial charge < -0.3 is 9.84 Å². The molecule has 1 N–H and O–H groups in total. The minimum Gasteiger partial charge on any atom is -0.456 e. The Balaban J connectivity index is 3.71. The first-order valence-corrected chi connectivity index (χ1v) is 6.64. The smallest absolute Gasteiger partial charge is 0.384 e. The largest absolute Gasteiger partial charge is 0.456 e. The first kappa shape index (κ1) is 17.3. The van der Waals surface area contributed by atoms with Crippen molar-refractivity contribution in [2.45, 2.75) is 52.1 Å². The van der Waals surface area contributed by atoms with Gasteiger partial charge in [-0.1, -0.05) is 18.1 Å².